The van der Waals surface area contributed by atoms with Gasteiger partial charge in [0.25, 0.3) is 0 Å². The summed E-state index contributed by atoms with van der Waals surface area (Å²) in [6.45, 7) is 9.76. The molecule has 1 heterocycles. The summed E-state index contributed by atoms with van der Waals surface area (Å²) in [5, 5.41) is 0. The lowest BCUT2D eigenvalue weighted by atomic mass is 9.99. The molecule has 1 rings (SSSR count). The summed E-state index contributed by atoms with van der Waals surface area (Å²) in [7, 11) is 0. The van der Waals surface area contributed by atoms with Gasteiger partial charge in [0.1, 0.15) is 6.17 Å². The second kappa shape index (κ2) is 5.52. The fourth-order valence-electron chi connectivity index (χ4n) is 1.58. The zero-order chi connectivity index (χ0) is 9.72. The fraction of sp³-hybridized carbons (Fsp3) is 1.00. The SMILES string of the molecule is CC.CCC1OC(C)C(F)C1C. The molecular weight excluding hydrogens is 155 g/mol. The van der Waals surface area contributed by atoms with Gasteiger partial charge in [-0.3, -0.25) is 0 Å². The molecule has 0 aliphatic carbocycles. The van der Waals surface area contributed by atoms with E-state index in [0.29, 0.717) is 0 Å². The van der Waals surface area contributed by atoms with Gasteiger partial charge in [-0.15, -0.1) is 0 Å². The number of alkyl halides is 1. The summed E-state index contributed by atoms with van der Waals surface area (Å²) in [5.74, 6) is 0.0833. The lowest BCUT2D eigenvalue weighted by molar-refractivity contribution is 0.0349. The summed E-state index contributed by atoms with van der Waals surface area (Å²) in [6.07, 6.45) is 0.112. The van der Waals surface area contributed by atoms with E-state index in [1.54, 1.807) is 6.92 Å². The molecule has 1 aliphatic rings. The standard InChI is InChI=1S/C8H15FO.C2H6/c1-4-7-5(2)8(9)6(3)10-7;1-2/h5-8H,4H2,1-3H3;1-2H3. The van der Waals surface area contributed by atoms with Crippen LogP contribution in [0.15, 0.2) is 0 Å². The Morgan fingerprint density at radius 3 is 1.92 bits per heavy atom. The van der Waals surface area contributed by atoms with Gasteiger partial charge in [0.15, 0.2) is 0 Å². The summed E-state index contributed by atoms with van der Waals surface area (Å²) in [6, 6.07) is 0. The van der Waals surface area contributed by atoms with Gasteiger partial charge in [0, 0.05) is 5.92 Å². The van der Waals surface area contributed by atoms with Crippen molar-refractivity contribution in [2.45, 2.75) is 59.4 Å². The van der Waals surface area contributed by atoms with Crippen molar-refractivity contribution < 1.29 is 9.13 Å². The molecular formula is C10H21FO. The fourth-order valence-corrected chi connectivity index (χ4v) is 1.58. The molecule has 0 aromatic heterocycles. The maximum absolute atomic E-state index is 13.0. The van der Waals surface area contributed by atoms with E-state index in [1.165, 1.54) is 0 Å². The summed E-state index contributed by atoms with van der Waals surface area (Å²) < 4.78 is 18.4. The largest absolute Gasteiger partial charge is 0.372 e. The van der Waals surface area contributed by atoms with Crippen molar-refractivity contribution in [2.75, 3.05) is 0 Å². The normalized spacial score (nSPS) is 40.5. The van der Waals surface area contributed by atoms with E-state index in [1.807, 2.05) is 27.7 Å². The van der Waals surface area contributed by atoms with Crippen LogP contribution in [-0.2, 0) is 4.74 Å². The van der Waals surface area contributed by atoms with E-state index in [4.69, 9.17) is 4.74 Å². The van der Waals surface area contributed by atoms with Crippen molar-refractivity contribution in [3.63, 3.8) is 0 Å². The molecule has 1 aliphatic heterocycles. The third-order valence-corrected chi connectivity index (χ3v) is 2.33. The van der Waals surface area contributed by atoms with Gasteiger partial charge in [0.2, 0.25) is 0 Å². The third kappa shape index (κ3) is 2.44. The Bertz CT molecular complexity index is 116. The maximum atomic E-state index is 13.0. The average Bonchev–Trinajstić information content (AvgIpc) is 2.36. The third-order valence-electron chi connectivity index (χ3n) is 2.33. The molecule has 0 radical (unpaired) electrons. The number of hydrogen-bond acceptors (Lipinski definition) is 1. The highest BCUT2D eigenvalue weighted by Gasteiger charge is 2.38. The van der Waals surface area contributed by atoms with Crippen molar-refractivity contribution in [1.82, 2.24) is 0 Å². The van der Waals surface area contributed by atoms with Crippen LogP contribution >= 0.6 is 0 Å². The molecule has 0 bridgehead atoms. The van der Waals surface area contributed by atoms with Gasteiger partial charge < -0.3 is 4.74 Å². The highest BCUT2D eigenvalue weighted by atomic mass is 19.1. The lowest BCUT2D eigenvalue weighted by Gasteiger charge is -2.10. The topological polar surface area (TPSA) is 9.23 Å². The van der Waals surface area contributed by atoms with E-state index in [9.17, 15) is 4.39 Å². The summed E-state index contributed by atoms with van der Waals surface area (Å²) in [5.41, 5.74) is 0. The van der Waals surface area contributed by atoms with Crippen LogP contribution in [0, 0.1) is 5.92 Å². The minimum atomic E-state index is -0.759. The van der Waals surface area contributed by atoms with Gasteiger partial charge in [-0.25, -0.2) is 4.39 Å². The van der Waals surface area contributed by atoms with Crippen molar-refractivity contribution in [1.29, 1.82) is 0 Å². The number of hydrogen-bond donors (Lipinski definition) is 0. The molecule has 0 spiro atoms. The van der Waals surface area contributed by atoms with Crippen LogP contribution in [0.3, 0.4) is 0 Å². The highest BCUT2D eigenvalue weighted by molar-refractivity contribution is 4.85. The zero-order valence-electron chi connectivity index (χ0n) is 8.80. The van der Waals surface area contributed by atoms with E-state index >= 15 is 0 Å². The van der Waals surface area contributed by atoms with Crippen LogP contribution in [0.2, 0.25) is 0 Å². The minimum Gasteiger partial charge on any atom is -0.372 e. The molecule has 1 fully saturated rings. The molecule has 4 atom stereocenters. The van der Waals surface area contributed by atoms with Crippen LogP contribution in [-0.4, -0.2) is 18.4 Å². The van der Waals surface area contributed by atoms with Gasteiger partial charge in [-0.05, 0) is 13.3 Å². The molecule has 0 aromatic rings. The molecule has 74 valence electrons. The van der Waals surface area contributed by atoms with Crippen molar-refractivity contribution >= 4 is 0 Å². The molecule has 0 saturated carbocycles. The Kier molecular flexibility index (Phi) is 5.47. The van der Waals surface area contributed by atoms with Gasteiger partial charge >= 0.3 is 0 Å². The van der Waals surface area contributed by atoms with Crippen LogP contribution in [0.25, 0.3) is 0 Å². The highest BCUT2D eigenvalue weighted by Crippen LogP contribution is 2.30. The first-order valence-corrected chi connectivity index (χ1v) is 4.96. The predicted molar refractivity (Wildman–Crippen MR) is 50.0 cm³/mol. The van der Waals surface area contributed by atoms with Crippen molar-refractivity contribution in [3.05, 3.63) is 0 Å². The Balaban J connectivity index is 0.000000561. The molecule has 4 unspecified atom stereocenters. The van der Waals surface area contributed by atoms with E-state index < -0.39 is 6.17 Å². The second-order valence-corrected chi connectivity index (χ2v) is 3.09. The molecule has 0 amide bonds. The van der Waals surface area contributed by atoms with Crippen LogP contribution in [0.4, 0.5) is 4.39 Å². The summed E-state index contributed by atoms with van der Waals surface area (Å²) in [4.78, 5) is 0. The monoisotopic (exact) mass is 176 g/mol. The summed E-state index contributed by atoms with van der Waals surface area (Å²) >= 11 is 0. The molecule has 12 heavy (non-hydrogen) atoms. The minimum absolute atomic E-state index is 0.0833. The van der Waals surface area contributed by atoms with E-state index in [0.717, 1.165) is 6.42 Å². The Morgan fingerprint density at radius 2 is 1.75 bits per heavy atom. The number of halogens is 1. The Hall–Kier alpha value is -0.110. The Labute approximate surface area is 75.3 Å². The predicted octanol–water partition coefficient (Wildman–Crippen LogP) is 3.18. The first-order valence-electron chi connectivity index (χ1n) is 4.96. The molecule has 0 aromatic carbocycles. The first kappa shape index (κ1) is 11.9. The van der Waals surface area contributed by atoms with Crippen molar-refractivity contribution in [3.8, 4) is 0 Å². The van der Waals surface area contributed by atoms with Gasteiger partial charge in [0.05, 0.1) is 12.2 Å². The maximum Gasteiger partial charge on any atom is 0.131 e. The second-order valence-electron chi connectivity index (χ2n) is 3.09. The smallest absolute Gasteiger partial charge is 0.131 e. The van der Waals surface area contributed by atoms with Crippen molar-refractivity contribution in [2.24, 2.45) is 5.92 Å². The lowest BCUT2D eigenvalue weighted by Crippen LogP contribution is -2.18. The average molecular weight is 176 g/mol. The van der Waals surface area contributed by atoms with Crippen LogP contribution < -0.4 is 0 Å². The molecule has 0 N–H and O–H groups in total. The quantitative estimate of drug-likeness (QED) is 0.596. The number of ether oxygens (including phenoxy) is 1. The molecule has 1 nitrogen and oxygen atoms in total. The van der Waals surface area contributed by atoms with Crippen LogP contribution in [0.5, 0.6) is 0 Å². The van der Waals surface area contributed by atoms with E-state index in [2.05, 4.69) is 0 Å². The van der Waals surface area contributed by atoms with Crippen LogP contribution in [0.1, 0.15) is 41.0 Å². The van der Waals surface area contributed by atoms with Gasteiger partial charge in [-0.1, -0.05) is 27.7 Å². The molecule has 2 heteroatoms. The van der Waals surface area contributed by atoms with E-state index in [-0.39, 0.29) is 18.1 Å². The number of rotatable bonds is 1. The Morgan fingerprint density at radius 1 is 1.25 bits per heavy atom. The van der Waals surface area contributed by atoms with Gasteiger partial charge in [-0.2, -0.15) is 0 Å². The molecule has 1 saturated heterocycles. The first-order chi connectivity index (χ1) is 5.66. The zero-order valence-corrected chi connectivity index (χ0v) is 8.80.